The number of nitrogens with two attached hydrogens (primary N) is 3. The van der Waals surface area contributed by atoms with E-state index in [0.29, 0.717) is 51.5 Å². The number of nitrogens with one attached hydrogen (secondary N) is 7. The number of carboxylic acids is 2. The van der Waals surface area contributed by atoms with Crippen LogP contribution >= 0.6 is 0 Å². The van der Waals surface area contributed by atoms with Crippen LogP contribution in [0.5, 0.6) is 0 Å². The highest BCUT2D eigenvalue weighted by atomic mass is 16.4. The van der Waals surface area contributed by atoms with Gasteiger partial charge in [0.2, 0.25) is 47.3 Å². The molecule has 1 saturated heterocycles. The predicted octanol–water partition coefficient (Wildman–Crippen LogP) is -4.00. The number of aliphatic carboxylic acids is 2. The Bertz CT molecular complexity index is 1620. The molecule has 0 unspecified atom stereocenters. The SMILES string of the molecule is CC[C@H](C)[C@H](NC(=O)CNC(=O)[C@H](CCCCN)NC(=O)[C@H](CCC(=O)O)NC(=O)[C@H](CCCCN)NC(=O)[C@@H]1CCCN1C(=O)[C@H](C)N)C(=O)N[C@H](C(=O)N[C@@H](C)C(=O)O)[C@@H](C)O. The molecule has 24 nitrogen and oxygen atoms in total. The van der Waals surface area contributed by atoms with Crippen molar-refractivity contribution in [2.24, 2.45) is 23.1 Å². The first-order valence-electron chi connectivity index (χ1n) is 21.8. The van der Waals surface area contributed by atoms with Crippen LogP contribution in [0.4, 0.5) is 0 Å². The Morgan fingerprint density at radius 3 is 1.69 bits per heavy atom. The first-order chi connectivity index (χ1) is 30.1. The van der Waals surface area contributed by atoms with Crippen LogP contribution < -0.4 is 54.4 Å². The molecular weight excluding hydrogens is 843 g/mol. The lowest BCUT2D eigenvalue weighted by atomic mass is 9.97. The van der Waals surface area contributed by atoms with E-state index in [4.69, 9.17) is 22.3 Å². The molecule has 0 aromatic carbocycles. The number of aliphatic hydroxyl groups excluding tert-OH is 1. The number of aliphatic hydroxyl groups is 1. The van der Waals surface area contributed by atoms with E-state index in [1.54, 1.807) is 13.8 Å². The molecule has 0 aromatic heterocycles. The molecule has 8 amide bonds. The third-order valence-electron chi connectivity index (χ3n) is 10.7. The average Bonchev–Trinajstić information content (AvgIpc) is 3.73. The van der Waals surface area contributed by atoms with E-state index in [2.05, 4.69) is 37.2 Å². The molecule has 16 N–H and O–H groups in total. The van der Waals surface area contributed by atoms with Crippen LogP contribution in [0, 0.1) is 5.92 Å². The van der Waals surface area contributed by atoms with Gasteiger partial charge in [-0.2, -0.15) is 0 Å². The van der Waals surface area contributed by atoms with Gasteiger partial charge in [-0.15, -0.1) is 0 Å². The zero-order valence-corrected chi connectivity index (χ0v) is 37.5. The molecular formula is C40H71N11O13. The van der Waals surface area contributed by atoms with E-state index >= 15 is 0 Å². The van der Waals surface area contributed by atoms with Crippen molar-refractivity contribution < 1.29 is 63.3 Å². The van der Waals surface area contributed by atoms with Crippen molar-refractivity contribution in [1.82, 2.24) is 42.1 Å². The maximum Gasteiger partial charge on any atom is 0.325 e. The summed E-state index contributed by atoms with van der Waals surface area (Å²) in [5, 5.41) is 45.9. The molecule has 1 aliphatic heterocycles. The number of hydrogen-bond acceptors (Lipinski definition) is 14. The van der Waals surface area contributed by atoms with Gasteiger partial charge < -0.3 is 74.6 Å². The number of nitrogens with zero attached hydrogens (tertiary/aromatic N) is 1. The average molecular weight is 914 g/mol. The van der Waals surface area contributed by atoms with E-state index < -0.39 is 139 Å². The van der Waals surface area contributed by atoms with E-state index in [9.17, 15) is 58.2 Å². The fourth-order valence-electron chi connectivity index (χ4n) is 6.67. The second-order valence-electron chi connectivity index (χ2n) is 16.1. The van der Waals surface area contributed by atoms with Crippen molar-refractivity contribution in [2.45, 2.75) is 160 Å². The van der Waals surface area contributed by atoms with Crippen LogP contribution in [0.15, 0.2) is 0 Å². The minimum Gasteiger partial charge on any atom is -0.481 e. The van der Waals surface area contributed by atoms with Gasteiger partial charge in [0.05, 0.1) is 18.7 Å². The molecule has 0 bridgehead atoms. The Morgan fingerprint density at radius 2 is 1.20 bits per heavy atom. The minimum absolute atomic E-state index is 0.00692. The van der Waals surface area contributed by atoms with E-state index in [-0.39, 0.29) is 25.9 Å². The number of unbranched alkanes of at least 4 members (excludes halogenated alkanes) is 2. The van der Waals surface area contributed by atoms with Gasteiger partial charge in [-0.3, -0.25) is 47.9 Å². The van der Waals surface area contributed by atoms with Gasteiger partial charge in [-0.05, 0) is 97.6 Å². The van der Waals surface area contributed by atoms with Crippen molar-refractivity contribution >= 4 is 59.2 Å². The second-order valence-corrected chi connectivity index (χ2v) is 16.1. The Hall–Kier alpha value is -5.46. The molecule has 0 aromatic rings. The third kappa shape index (κ3) is 19.5. The van der Waals surface area contributed by atoms with Crippen LogP contribution in [0.2, 0.25) is 0 Å². The summed E-state index contributed by atoms with van der Waals surface area (Å²) in [6.07, 6.45) is 0.505. The highest BCUT2D eigenvalue weighted by Crippen LogP contribution is 2.19. The summed E-state index contributed by atoms with van der Waals surface area (Å²) in [5.74, 6) is -9.54. The number of rotatable bonds is 30. The highest BCUT2D eigenvalue weighted by molar-refractivity contribution is 5.97. The monoisotopic (exact) mass is 914 g/mol. The van der Waals surface area contributed by atoms with E-state index in [1.165, 1.54) is 25.7 Å². The quantitative estimate of drug-likeness (QED) is 0.0306. The van der Waals surface area contributed by atoms with E-state index in [1.807, 2.05) is 0 Å². The maximum atomic E-state index is 13.8. The molecule has 10 atom stereocenters. The zero-order valence-electron chi connectivity index (χ0n) is 37.5. The Morgan fingerprint density at radius 1 is 0.672 bits per heavy atom. The highest BCUT2D eigenvalue weighted by Gasteiger charge is 2.38. The molecule has 0 radical (unpaired) electrons. The van der Waals surface area contributed by atoms with Crippen molar-refractivity contribution in [1.29, 1.82) is 0 Å². The van der Waals surface area contributed by atoms with Crippen LogP contribution in [0.3, 0.4) is 0 Å². The summed E-state index contributed by atoms with van der Waals surface area (Å²) in [7, 11) is 0. The molecule has 1 fully saturated rings. The summed E-state index contributed by atoms with van der Waals surface area (Å²) in [6.45, 7) is 7.37. The second kappa shape index (κ2) is 29.1. The lowest BCUT2D eigenvalue weighted by Gasteiger charge is -2.28. The molecule has 0 aliphatic carbocycles. The standard InChI is InChI=1S/C40H71N11O13/c1-6-21(2)31(37(60)50-32(24(5)52)38(61)45-23(4)40(63)64)49-29(53)20-44-33(56)25(12-7-9-17-41)46-35(58)27(15-16-30(54)55)47-34(57)26(13-8-10-18-42)48-36(59)28-14-11-19-51(28)39(62)22(3)43/h21-28,31-32,52H,6-20,41-43H2,1-5H3,(H,44,56)(H,45,61)(H,46,58)(H,47,57)(H,48,59)(H,49,53)(H,50,60)(H,54,55)(H,63,64)/t21-,22-,23-,24+,25-,26-,27-,28-,31-,32-/m0/s1. The number of carboxylic acid groups (broad SMARTS) is 2. The zero-order chi connectivity index (χ0) is 48.7. The first kappa shape index (κ1) is 56.6. The number of carbonyl (C=O) groups is 10. The smallest absolute Gasteiger partial charge is 0.325 e. The number of carbonyl (C=O) groups excluding carboxylic acids is 8. The summed E-state index contributed by atoms with van der Waals surface area (Å²) >= 11 is 0. The largest absolute Gasteiger partial charge is 0.481 e. The van der Waals surface area contributed by atoms with Crippen molar-refractivity contribution in [2.75, 3.05) is 26.2 Å². The Balaban J connectivity index is 3.23. The van der Waals surface area contributed by atoms with Crippen LogP contribution in [-0.2, 0) is 47.9 Å². The lowest BCUT2D eigenvalue weighted by molar-refractivity contribution is -0.142. The Kier molecular flexibility index (Phi) is 25.7. The van der Waals surface area contributed by atoms with Gasteiger partial charge in [0, 0.05) is 13.0 Å². The molecule has 24 heteroatoms. The van der Waals surface area contributed by atoms with Gasteiger partial charge in [0.25, 0.3) is 0 Å². The van der Waals surface area contributed by atoms with Crippen LogP contribution in [-0.4, -0.2) is 160 Å². The molecule has 1 rings (SSSR count). The van der Waals surface area contributed by atoms with Crippen LogP contribution in [0.1, 0.15) is 105 Å². The number of hydrogen-bond donors (Lipinski definition) is 13. The van der Waals surface area contributed by atoms with Gasteiger partial charge >= 0.3 is 11.9 Å². The first-order valence-corrected chi connectivity index (χ1v) is 21.8. The van der Waals surface area contributed by atoms with E-state index in [0.717, 1.165) is 0 Å². The van der Waals surface area contributed by atoms with Gasteiger partial charge in [0.1, 0.15) is 42.3 Å². The Labute approximate surface area is 373 Å². The molecule has 364 valence electrons. The summed E-state index contributed by atoms with van der Waals surface area (Å²) < 4.78 is 0. The summed E-state index contributed by atoms with van der Waals surface area (Å²) in [5.41, 5.74) is 17.1. The van der Waals surface area contributed by atoms with Gasteiger partial charge in [-0.1, -0.05) is 20.3 Å². The fraction of sp³-hybridized carbons (Fsp3) is 0.750. The maximum absolute atomic E-state index is 13.8. The molecule has 1 heterocycles. The van der Waals surface area contributed by atoms with Gasteiger partial charge in [0.15, 0.2) is 0 Å². The van der Waals surface area contributed by atoms with Crippen LogP contribution in [0.25, 0.3) is 0 Å². The molecule has 0 spiro atoms. The molecule has 1 aliphatic rings. The molecule has 64 heavy (non-hydrogen) atoms. The number of amides is 8. The topological polar surface area (TPSA) is 397 Å². The van der Waals surface area contributed by atoms with Gasteiger partial charge in [-0.25, -0.2) is 0 Å². The summed E-state index contributed by atoms with van der Waals surface area (Å²) in [6, 6.07) is -10.00. The minimum atomic E-state index is -1.58. The molecule has 0 saturated carbocycles. The third-order valence-corrected chi connectivity index (χ3v) is 10.7. The number of likely N-dealkylation sites (tertiary alicyclic amines) is 1. The van der Waals surface area contributed by atoms with Crippen molar-refractivity contribution in [3.05, 3.63) is 0 Å². The lowest BCUT2D eigenvalue weighted by Crippen LogP contribution is -2.60. The summed E-state index contributed by atoms with van der Waals surface area (Å²) in [4.78, 5) is 131. The van der Waals surface area contributed by atoms with Crippen molar-refractivity contribution in [3.8, 4) is 0 Å². The fourth-order valence-corrected chi connectivity index (χ4v) is 6.67. The predicted molar refractivity (Wildman–Crippen MR) is 230 cm³/mol. The normalized spacial score (nSPS) is 17.7. The van der Waals surface area contributed by atoms with Crippen molar-refractivity contribution in [3.63, 3.8) is 0 Å².